The van der Waals surface area contributed by atoms with Crippen LogP contribution in [0.15, 0.2) is 94.6 Å². The first-order valence-corrected chi connectivity index (χ1v) is 17.3. The summed E-state index contributed by atoms with van der Waals surface area (Å²) in [6.45, 7) is 6.06. The number of hydrogen-bond donors (Lipinski definition) is 2. The monoisotopic (exact) mass is 731 g/mol. The first kappa shape index (κ1) is 31.8. The van der Waals surface area contributed by atoms with Crippen LogP contribution in [0.25, 0.3) is 28.0 Å². The molecule has 0 bridgehead atoms. The third-order valence-electron chi connectivity index (χ3n) is 9.63. The molecule has 1 fully saturated rings. The average molecular weight is 733 g/mol. The van der Waals surface area contributed by atoms with Crippen LogP contribution in [0.5, 0.6) is 0 Å². The molecule has 0 spiro atoms. The summed E-state index contributed by atoms with van der Waals surface area (Å²) in [5.41, 5.74) is 4.94. The van der Waals surface area contributed by atoms with Gasteiger partial charge in [-0.05, 0) is 67.4 Å². The van der Waals surface area contributed by atoms with E-state index in [1.54, 1.807) is 40.2 Å². The van der Waals surface area contributed by atoms with Gasteiger partial charge in [-0.15, -0.1) is 0 Å². The van der Waals surface area contributed by atoms with E-state index in [9.17, 15) is 14.4 Å². The zero-order valence-electron chi connectivity index (χ0n) is 27.5. The van der Waals surface area contributed by atoms with Crippen molar-refractivity contribution in [3.05, 3.63) is 128 Å². The Morgan fingerprint density at radius 2 is 1.82 bits per heavy atom. The van der Waals surface area contributed by atoms with Crippen molar-refractivity contribution in [1.82, 2.24) is 44.4 Å². The molecule has 1 saturated heterocycles. The Morgan fingerprint density at radius 3 is 2.58 bits per heavy atom. The van der Waals surface area contributed by atoms with Gasteiger partial charge >= 0.3 is 5.69 Å². The maximum absolute atomic E-state index is 14.4. The molecular formula is C37H34BrN9O3. The van der Waals surface area contributed by atoms with Crippen molar-refractivity contribution >= 4 is 38.6 Å². The van der Waals surface area contributed by atoms with Crippen molar-refractivity contribution < 1.29 is 9.59 Å². The minimum atomic E-state index is -0.433. The summed E-state index contributed by atoms with van der Waals surface area (Å²) in [5.74, 6) is -0.0484. The first-order chi connectivity index (χ1) is 24.3. The number of carbonyl (C=O) groups is 2. The summed E-state index contributed by atoms with van der Waals surface area (Å²) in [7, 11) is 0. The molecule has 0 radical (unpaired) electrons. The lowest BCUT2D eigenvalue weighted by atomic mass is 10.1. The van der Waals surface area contributed by atoms with Gasteiger partial charge in [0.2, 0.25) is 0 Å². The lowest BCUT2D eigenvalue weighted by molar-refractivity contribution is 0.0610. The van der Waals surface area contributed by atoms with Gasteiger partial charge in [0.1, 0.15) is 5.69 Å². The molecule has 6 aromatic rings. The molecule has 0 aliphatic carbocycles. The minimum absolute atomic E-state index is 0.0867. The Morgan fingerprint density at radius 1 is 1.02 bits per heavy atom. The molecule has 2 N–H and O–H groups in total. The van der Waals surface area contributed by atoms with Gasteiger partial charge < -0.3 is 15.5 Å². The molecule has 2 amide bonds. The number of benzene rings is 3. The van der Waals surface area contributed by atoms with Crippen LogP contribution in [-0.2, 0) is 19.6 Å². The summed E-state index contributed by atoms with van der Waals surface area (Å²) in [6, 6.07) is 20.6. The number of hydrogen-bond acceptors (Lipinski definition) is 7. The predicted octanol–water partition coefficient (Wildman–Crippen LogP) is 4.64. The number of aromatic nitrogens is 6. The van der Waals surface area contributed by atoms with Crippen LogP contribution in [0.3, 0.4) is 0 Å². The molecule has 252 valence electrons. The lowest BCUT2D eigenvalue weighted by Crippen LogP contribution is -2.47. The van der Waals surface area contributed by atoms with Crippen LogP contribution in [0.1, 0.15) is 50.6 Å². The number of imidazole rings is 1. The van der Waals surface area contributed by atoms with E-state index in [1.807, 2.05) is 73.1 Å². The molecule has 0 unspecified atom stereocenters. The van der Waals surface area contributed by atoms with E-state index < -0.39 is 5.91 Å². The number of rotatable bonds is 7. The second kappa shape index (κ2) is 12.8. The molecule has 13 heteroatoms. The summed E-state index contributed by atoms with van der Waals surface area (Å²) in [4.78, 5) is 53.2. The second-order valence-electron chi connectivity index (χ2n) is 12.8. The van der Waals surface area contributed by atoms with Crippen LogP contribution in [0.2, 0.25) is 0 Å². The van der Waals surface area contributed by atoms with Gasteiger partial charge in [-0.2, -0.15) is 5.10 Å². The van der Waals surface area contributed by atoms with E-state index in [1.165, 1.54) is 4.57 Å². The van der Waals surface area contributed by atoms with Crippen LogP contribution >= 0.6 is 15.9 Å². The molecule has 12 nitrogen and oxygen atoms in total. The van der Waals surface area contributed by atoms with Crippen LogP contribution < -0.4 is 16.3 Å². The fourth-order valence-corrected chi connectivity index (χ4v) is 7.06. The summed E-state index contributed by atoms with van der Waals surface area (Å²) in [6.07, 6.45) is 5.15. The average Bonchev–Trinajstić information content (AvgIpc) is 3.65. The van der Waals surface area contributed by atoms with E-state index in [-0.39, 0.29) is 49.0 Å². The van der Waals surface area contributed by atoms with Crippen molar-refractivity contribution in [2.24, 2.45) is 0 Å². The Bertz CT molecular complexity index is 2340. The number of fused-ring (bicyclic) bond motifs is 2. The maximum Gasteiger partial charge on any atom is 0.333 e. The standard InChI is InChI=1S/C37H34BrN9O3/c1-22-14-24(8-10-30(22)38)36(49)44-21-32-33(35(48)42-16-25-6-3-4-7-29(25)34-40-12-5-13-41-34)46(37(50)45(32)20-23(44)2)27-9-11-31-26(15-27)17-43-47(31)28-18-39-19-28/h3-15,17,23,28,39H,16,18-21H2,1-2H3,(H,42,48)/t23-/m0/s1. The van der Waals surface area contributed by atoms with Crippen molar-refractivity contribution in [1.29, 1.82) is 0 Å². The molecule has 3 aromatic carbocycles. The third kappa shape index (κ3) is 5.52. The Kier molecular flexibility index (Phi) is 8.16. The number of amides is 2. The third-order valence-corrected chi connectivity index (χ3v) is 10.5. The van der Waals surface area contributed by atoms with Crippen molar-refractivity contribution in [2.45, 2.75) is 45.6 Å². The molecule has 8 rings (SSSR count). The van der Waals surface area contributed by atoms with Crippen LogP contribution in [0.4, 0.5) is 0 Å². The molecule has 3 aromatic heterocycles. The van der Waals surface area contributed by atoms with Crippen LogP contribution in [-0.4, -0.2) is 64.7 Å². The van der Waals surface area contributed by atoms with Gasteiger partial charge in [0.05, 0.1) is 35.7 Å². The zero-order chi connectivity index (χ0) is 34.5. The predicted molar refractivity (Wildman–Crippen MR) is 192 cm³/mol. The Hall–Kier alpha value is -5.40. The number of nitrogens with one attached hydrogen (secondary N) is 2. The number of halogens is 1. The largest absolute Gasteiger partial charge is 0.347 e. The smallest absolute Gasteiger partial charge is 0.333 e. The number of carbonyl (C=O) groups excluding carboxylic acids is 2. The molecule has 0 saturated carbocycles. The zero-order valence-corrected chi connectivity index (χ0v) is 29.1. The van der Waals surface area contributed by atoms with Gasteiger partial charge in [0.15, 0.2) is 5.82 Å². The fraction of sp³-hybridized carbons (Fsp3) is 0.243. The highest BCUT2D eigenvalue weighted by Gasteiger charge is 2.35. The van der Waals surface area contributed by atoms with E-state index in [2.05, 4.69) is 41.6 Å². The van der Waals surface area contributed by atoms with E-state index in [4.69, 9.17) is 0 Å². The second-order valence-corrected chi connectivity index (χ2v) is 13.7. The fourth-order valence-electron chi connectivity index (χ4n) is 6.81. The highest BCUT2D eigenvalue weighted by molar-refractivity contribution is 9.10. The van der Waals surface area contributed by atoms with Crippen LogP contribution in [0, 0.1) is 6.92 Å². The van der Waals surface area contributed by atoms with Gasteiger partial charge in [-0.1, -0.05) is 40.2 Å². The van der Waals surface area contributed by atoms with E-state index in [0.717, 1.165) is 45.2 Å². The Labute approximate surface area is 295 Å². The SMILES string of the molecule is Cc1cc(C(=O)N2Cc3c(C(=O)NCc4ccccc4-c4ncccn4)n(-c4ccc5c(cnn5C5CNC5)c4)c(=O)n3C[C@@H]2C)ccc1Br. The van der Waals surface area contributed by atoms with E-state index >= 15 is 0 Å². The number of aryl methyl sites for hydroxylation is 1. The quantitative estimate of drug-likeness (QED) is 0.245. The topological polar surface area (TPSA) is 132 Å². The normalized spacial score (nSPS) is 15.9. The van der Waals surface area contributed by atoms with Crippen molar-refractivity contribution in [3.63, 3.8) is 0 Å². The summed E-state index contributed by atoms with van der Waals surface area (Å²) >= 11 is 3.52. The molecule has 2 aliphatic rings. The van der Waals surface area contributed by atoms with Gasteiger partial charge in [0, 0.05) is 65.6 Å². The molecule has 50 heavy (non-hydrogen) atoms. The van der Waals surface area contributed by atoms with Gasteiger partial charge in [-0.25, -0.2) is 14.8 Å². The molecular weight excluding hydrogens is 698 g/mol. The van der Waals surface area contributed by atoms with Gasteiger partial charge in [0.25, 0.3) is 11.8 Å². The molecule has 2 aliphatic heterocycles. The molecule has 1 atom stereocenters. The van der Waals surface area contributed by atoms with Crippen molar-refractivity contribution in [2.75, 3.05) is 13.1 Å². The summed E-state index contributed by atoms with van der Waals surface area (Å²) < 4.78 is 6.02. The Balaban J connectivity index is 1.20. The van der Waals surface area contributed by atoms with Gasteiger partial charge in [-0.3, -0.25) is 23.4 Å². The van der Waals surface area contributed by atoms with Crippen molar-refractivity contribution in [3.8, 4) is 17.1 Å². The number of nitrogens with zero attached hydrogens (tertiary/aromatic N) is 7. The first-order valence-electron chi connectivity index (χ1n) is 16.5. The van der Waals surface area contributed by atoms with E-state index in [0.29, 0.717) is 22.8 Å². The lowest BCUT2D eigenvalue weighted by Gasteiger charge is -2.34. The molecule has 5 heterocycles. The minimum Gasteiger partial charge on any atom is -0.347 e. The highest BCUT2D eigenvalue weighted by atomic mass is 79.9. The highest BCUT2D eigenvalue weighted by Crippen LogP contribution is 2.28. The maximum atomic E-state index is 14.4. The summed E-state index contributed by atoms with van der Waals surface area (Å²) in [5, 5.41) is 11.8.